The molecule has 10 heteroatoms. The summed E-state index contributed by atoms with van der Waals surface area (Å²) in [4.78, 5) is 31.6. The number of rotatable bonds is 7. The Labute approximate surface area is 194 Å². The molecule has 0 radical (unpaired) electrons. The van der Waals surface area contributed by atoms with Crippen molar-refractivity contribution in [1.29, 1.82) is 0 Å². The van der Waals surface area contributed by atoms with Gasteiger partial charge in [-0.3, -0.25) is 9.69 Å². The van der Waals surface area contributed by atoms with E-state index >= 15 is 0 Å². The molecule has 1 unspecified atom stereocenters. The van der Waals surface area contributed by atoms with E-state index in [9.17, 15) is 14.0 Å². The smallest absolute Gasteiger partial charge is 0.348 e. The Balaban J connectivity index is 1.35. The zero-order valence-electron chi connectivity index (χ0n) is 18.5. The molecule has 1 aliphatic heterocycles. The molecule has 1 saturated heterocycles. The molecule has 0 saturated carbocycles. The molecule has 8 nitrogen and oxygen atoms in total. The highest BCUT2D eigenvalue weighted by molar-refractivity contribution is 7.18. The second-order valence-electron chi connectivity index (χ2n) is 7.93. The number of anilines is 1. The van der Waals surface area contributed by atoms with Gasteiger partial charge >= 0.3 is 5.97 Å². The molecule has 1 fully saturated rings. The number of hydrogen-bond acceptors (Lipinski definition) is 8. The van der Waals surface area contributed by atoms with E-state index in [4.69, 9.17) is 9.26 Å². The Hall–Kier alpha value is -3.11. The van der Waals surface area contributed by atoms with E-state index in [1.54, 1.807) is 25.1 Å². The molecule has 1 amide bonds. The number of ether oxygens (including phenoxy) is 1. The zero-order chi connectivity index (χ0) is 23.4. The molecule has 1 atom stereocenters. The maximum Gasteiger partial charge on any atom is 0.348 e. The van der Waals surface area contributed by atoms with Crippen LogP contribution in [0, 0.1) is 12.7 Å². The Morgan fingerprint density at radius 3 is 3.00 bits per heavy atom. The number of likely N-dealkylation sites (tertiary alicyclic amines) is 1. The fourth-order valence-corrected chi connectivity index (χ4v) is 4.85. The standard InChI is InChI=1S/C23H25FN4O4S/c1-3-31-23(30)20-14(2)10-19(33-20)25-18(29)13-28-9-5-7-16(12-28)22-26-21(27-32-22)15-6-4-8-17(24)11-15/h4,6,8,10-11,16H,3,5,7,9,12-13H2,1-2H3,(H,25,29). The van der Waals surface area contributed by atoms with Gasteiger partial charge in [-0.15, -0.1) is 11.3 Å². The molecule has 0 aliphatic carbocycles. The number of hydrogen-bond donors (Lipinski definition) is 1. The predicted octanol–water partition coefficient (Wildman–Crippen LogP) is 4.24. The summed E-state index contributed by atoms with van der Waals surface area (Å²) in [6.07, 6.45) is 1.76. The molecule has 3 heterocycles. The van der Waals surface area contributed by atoms with Crippen LogP contribution in [-0.2, 0) is 9.53 Å². The van der Waals surface area contributed by atoms with Gasteiger partial charge in [0.15, 0.2) is 0 Å². The number of aryl methyl sites for hydroxylation is 1. The van der Waals surface area contributed by atoms with E-state index in [1.165, 1.54) is 23.5 Å². The monoisotopic (exact) mass is 472 g/mol. The van der Waals surface area contributed by atoms with Crippen LogP contribution < -0.4 is 5.32 Å². The van der Waals surface area contributed by atoms with E-state index in [0.29, 0.717) is 40.3 Å². The van der Waals surface area contributed by atoms with Gasteiger partial charge in [0, 0.05) is 12.1 Å². The van der Waals surface area contributed by atoms with Crippen molar-refractivity contribution in [3.8, 4) is 11.4 Å². The number of halogens is 1. The minimum atomic E-state index is -0.378. The number of nitrogens with one attached hydrogen (secondary N) is 1. The molecule has 1 aromatic carbocycles. The van der Waals surface area contributed by atoms with Crippen LogP contribution in [0.2, 0.25) is 0 Å². The van der Waals surface area contributed by atoms with E-state index in [2.05, 4.69) is 15.5 Å². The van der Waals surface area contributed by atoms with Crippen LogP contribution in [0.1, 0.15) is 46.8 Å². The van der Waals surface area contributed by atoms with Crippen LogP contribution in [0.3, 0.4) is 0 Å². The number of piperidine rings is 1. The van der Waals surface area contributed by atoms with Crippen LogP contribution in [-0.4, -0.2) is 53.2 Å². The summed E-state index contributed by atoms with van der Waals surface area (Å²) >= 11 is 1.21. The Morgan fingerprint density at radius 2 is 2.21 bits per heavy atom. The van der Waals surface area contributed by atoms with Crippen LogP contribution >= 0.6 is 11.3 Å². The normalized spacial score (nSPS) is 16.5. The average molecular weight is 473 g/mol. The highest BCUT2D eigenvalue weighted by Gasteiger charge is 2.27. The van der Waals surface area contributed by atoms with E-state index in [-0.39, 0.29) is 30.2 Å². The van der Waals surface area contributed by atoms with Gasteiger partial charge < -0.3 is 14.6 Å². The van der Waals surface area contributed by atoms with Crippen molar-refractivity contribution >= 4 is 28.2 Å². The number of amides is 1. The van der Waals surface area contributed by atoms with Gasteiger partial charge in [0.05, 0.1) is 24.1 Å². The lowest BCUT2D eigenvalue weighted by Crippen LogP contribution is -2.39. The Bertz CT molecular complexity index is 1150. The summed E-state index contributed by atoms with van der Waals surface area (Å²) in [5.74, 6) is -0.0447. The number of carbonyl (C=O) groups excluding carboxylic acids is 2. The minimum absolute atomic E-state index is 0.000702. The van der Waals surface area contributed by atoms with Crippen molar-refractivity contribution in [1.82, 2.24) is 15.0 Å². The summed E-state index contributed by atoms with van der Waals surface area (Å²) < 4.78 is 24.0. The first-order valence-electron chi connectivity index (χ1n) is 10.8. The van der Waals surface area contributed by atoms with Gasteiger partial charge in [-0.05, 0) is 57.0 Å². The van der Waals surface area contributed by atoms with E-state index in [1.807, 2.05) is 11.8 Å². The maximum absolute atomic E-state index is 13.5. The minimum Gasteiger partial charge on any atom is -0.462 e. The van der Waals surface area contributed by atoms with Crippen molar-refractivity contribution in [3.05, 3.63) is 52.5 Å². The summed E-state index contributed by atoms with van der Waals surface area (Å²) in [5.41, 5.74) is 1.34. The largest absolute Gasteiger partial charge is 0.462 e. The summed E-state index contributed by atoms with van der Waals surface area (Å²) in [5, 5.41) is 7.49. The number of carbonyl (C=O) groups is 2. The van der Waals surface area contributed by atoms with Crippen molar-refractivity contribution in [2.75, 3.05) is 31.6 Å². The summed E-state index contributed by atoms with van der Waals surface area (Å²) in [6, 6.07) is 7.84. The van der Waals surface area contributed by atoms with Gasteiger partial charge in [0.1, 0.15) is 10.7 Å². The molecule has 1 N–H and O–H groups in total. The lowest BCUT2D eigenvalue weighted by atomic mass is 9.98. The third-order valence-corrected chi connectivity index (χ3v) is 6.52. The lowest BCUT2D eigenvalue weighted by molar-refractivity contribution is -0.117. The van der Waals surface area contributed by atoms with Gasteiger partial charge in [-0.1, -0.05) is 17.3 Å². The fraction of sp³-hybridized carbons (Fsp3) is 0.391. The summed E-state index contributed by atoms with van der Waals surface area (Å²) in [6.45, 7) is 5.48. The van der Waals surface area contributed by atoms with Crippen LogP contribution in [0.15, 0.2) is 34.9 Å². The highest BCUT2D eigenvalue weighted by Crippen LogP contribution is 2.29. The van der Waals surface area contributed by atoms with Crippen molar-refractivity contribution in [3.63, 3.8) is 0 Å². The average Bonchev–Trinajstić information content (AvgIpc) is 3.41. The SMILES string of the molecule is CCOC(=O)c1sc(NC(=O)CN2CCCC(c3nc(-c4cccc(F)c4)no3)C2)cc1C. The molecule has 1 aliphatic rings. The fourth-order valence-electron chi connectivity index (χ4n) is 3.87. The van der Waals surface area contributed by atoms with Gasteiger partial charge in [-0.2, -0.15) is 4.98 Å². The first kappa shape index (κ1) is 23.1. The number of esters is 1. The predicted molar refractivity (Wildman–Crippen MR) is 122 cm³/mol. The number of benzene rings is 1. The molecule has 3 aromatic rings. The third kappa shape index (κ3) is 5.63. The van der Waals surface area contributed by atoms with E-state index in [0.717, 1.165) is 24.9 Å². The first-order chi connectivity index (χ1) is 15.9. The van der Waals surface area contributed by atoms with Crippen LogP contribution in [0.4, 0.5) is 9.39 Å². The zero-order valence-corrected chi connectivity index (χ0v) is 19.3. The quantitative estimate of drug-likeness (QED) is 0.514. The molecular weight excluding hydrogens is 447 g/mol. The first-order valence-corrected chi connectivity index (χ1v) is 11.6. The van der Waals surface area contributed by atoms with Crippen molar-refractivity contribution in [2.45, 2.75) is 32.6 Å². The molecule has 174 valence electrons. The van der Waals surface area contributed by atoms with Crippen LogP contribution in [0.5, 0.6) is 0 Å². The second kappa shape index (κ2) is 10.2. The van der Waals surface area contributed by atoms with Crippen molar-refractivity contribution in [2.24, 2.45) is 0 Å². The second-order valence-corrected chi connectivity index (χ2v) is 8.98. The summed E-state index contributed by atoms with van der Waals surface area (Å²) in [7, 11) is 0. The van der Waals surface area contributed by atoms with Crippen LogP contribution in [0.25, 0.3) is 11.4 Å². The van der Waals surface area contributed by atoms with E-state index < -0.39 is 0 Å². The highest BCUT2D eigenvalue weighted by atomic mass is 32.1. The Kier molecular flexibility index (Phi) is 7.14. The molecule has 2 aromatic heterocycles. The molecular formula is C23H25FN4O4S. The third-order valence-electron chi connectivity index (χ3n) is 5.39. The van der Waals surface area contributed by atoms with Gasteiger partial charge in [-0.25, -0.2) is 9.18 Å². The number of nitrogens with zero attached hydrogens (tertiary/aromatic N) is 3. The molecule has 0 bridgehead atoms. The molecule has 0 spiro atoms. The van der Waals surface area contributed by atoms with Gasteiger partial charge in [0.25, 0.3) is 0 Å². The number of aromatic nitrogens is 2. The van der Waals surface area contributed by atoms with Gasteiger partial charge in [0.2, 0.25) is 17.6 Å². The lowest BCUT2D eigenvalue weighted by Gasteiger charge is -2.30. The molecule has 4 rings (SSSR count). The topological polar surface area (TPSA) is 97.6 Å². The molecule has 33 heavy (non-hydrogen) atoms. The number of thiophene rings is 1. The Morgan fingerprint density at radius 1 is 1.36 bits per heavy atom. The van der Waals surface area contributed by atoms with Crippen molar-refractivity contribution < 1.29 is 23.2 Å². The maximum atomic E-state index is 13.5.